The van der Waals surface area contributed by atoms with Crippen LogP contribution in [0.25, 0.3) is 0 Å². The van der Waals surface area contributed by atoms with Crippen LogP contribution in [-0.2, 0) is 6.54 Å². The molecule has 1 N–H and O–H groups in total. The van der Waals surface area contributed by atoms with E-state index < -0.39 is 0 Å². The molecule has 19 heavy (non-hydrogen) atoms. The van der Waals surface area contributed by atoms with Crippen molar-refractivity contribution in [2.45, 2.75) is 71.2 Å². The molecule has 1 aromatic heterocycles. The molecule has 0 aliphatic carbocycles. The summed E-state index contributed by atoms with van der Waals surface area (Å²) in [4.78, 5) is 6.80. The molecule has 2 heterocycles. The SMILES string of the molecule is CC(O)CC1CCCCN1Cc1cncn1C(C)C. The van der Waals surface area contributed by atoms with E-state index in [2.05, 4.69) is 28.3 Å². The minimum absolute atomic E-state index is 0.208. The van der Waals surface area contributed by atoms with Crippen LogP contribution in [0.15, 0.2) is 12.5 Å². The van der Waals surface area contributed by atoms with E-state index in [4.69, 9.17) is 0 Å². The highest BCUT2D eigenvalue weighted by Crippen LogP contribution is 2.23. The van der Waals surface area contributed by atoms with Gasteiger partial charge in [-0.15, -0.1) is 0 Å². The molecule has 1 aliphatic rings. The number of aliphatic hydroxyl groups is 1. The van der Waals surface area contributed by atoms with Crippen LogP contribution >= 0.6 is 0 Å². The molecule has 1 saturated heterocycles. The van der Waals surface area contributed by atoms with Gasteiger partial charge in [0.05, 0.1) is 18.1 Å². The van der Waals surface area contributed by atoms with Crippen molar-refractivity contribution in [3.05, 3.63) is 18.2 Å². The standard InChI is InChI=1S/C15H27N3O/c1-12(2)18-11-16-9-15(18)10-17-7-5-4-6-14(17)8-13(3)19/h9,11-14,19H,4-8,10H2,1-3H3. The fourth-order valence-corrected chi connectivity index (χ4v) is 3.06. The number of aliphatic hydroxyl groups excluding tert-OH is 1. The number of hydrogen-bond acceptors (Lipinski definition) is 3. The van der Waals surface area contributed by atoms with E-state index in [1.807, 2.05) is 19.4 Å². The predicted molar refractivity (Wildman–Crippen MR) is 77.0 cm³/mol. The van der Waals surface area contributed by atoms with Gasteiger partial charge in [0.25, 0.3) is 0 Å². The Morgan fingerprint density at radius 1 is 1.37 bits per heavy atom. The van der Waals surface area contributed by atoms with Crippen LogP contribution in [0.1, 0.15) is 58.2 Å². The largest absolute Gasteiger partial charge is 0.393 e. The van der Waals surface area contributed by atoms with E-state index in [9.17, 15) is 5.11 Å². The molecule has 2 rings (SSSR count). The highest BCUT2D eigenvalue weighted by Gasteiger charge is 2.24. The van der Waals surface area contributed by atoms with Gasteiger partial charge in [0.15, 0.2) is 0 Å². The molecule has 0 bridgehead atoms. The molecular weight excluding hydrogens is 238 g/mol. The van der Waals surface area contributed by atoms with Crippen molar-refractivity contribution < 1.29 is 5.11 Å². The topological polar surface area (TPSA) is 41.3 Å². The van der Waals surface area contributed by atoms with Gasteiger partial charge in [0.1, 0.15) is 0 Å². The van der Waals surface area contributed by atoms with Gasteiger partial charge in [0.2, 0.25) is 0 Å². The number of hydrogen-bond donors (Lipinski definition) is 1. The van der Waals surface area contributed by atoms with Crippen molar-refractivity contribution >= 4 is 0 Å². The lowest BCUT2D eigenvalue weighted by Crippen LogP contribution is -2.41. The molecule has 2 unspecified atom stereocenters. The van der Waals surface area contributed by atoms with E-state index >= 15 is 0 Å². The van der Waals surface area contributed by atoms with Crippen LogP contribution in [0.3, 0.4) is 0 Å². The smallest absolute Gasteiger partial charge is 0.0951 e. The summed E-state index contributed by atoms with van der Waals surface area (Å²) >= 11 is 0. The molecule has 0 radical (unpaired) electrons. The Balaban J connectivity index is 2.04. The average molecular weight is 265 g/mol. The summed E-state index contributed by atoms with van der Waals surface area (Å²) in [5.74, 6) is 0. The van der Waals surface area contributed by atoms with Crippen LogP contribution in [0.2, 0.25) is 0 Å². The monoisotopic (exact) mass is 265 g/mol. The molecule has 4 nitrogen and oxygen atoms in total. The fraction of sp³-hybridized carbons (Fsp3) is 0.800. The van der Waals surface area contributed by atoms with E-state index in [1.54, 1.807) is 0 Å². The van der Waals surface area contributed by atoms with Crippen molar-refractivity contribution in [3.63, 3.8) is 0 Å². The number of nitrogens with zero attached hydrogens (tertiary/aromatic N) is 3. The maximum absolute atomic E-state index is 9.65. The van der Waals surface area contributed by atoms with Gasteiger partial charge in [-0.1, -0.05) is 6.42 Å². The Morgan fingerprint density at radius 3 is 2.84 bits per heavy atom. The van der Waals surface area contributed by atoms with Crippen LogP contribution in [0.4, 0.5) is 0 Å². The first kappa shape index (κ1) is 14.5. The normalized spacial score (nSPS) is 22.9. The first-order valence-corrected chi connectivity index (χ1v) is 7.50. The number of piperidine rings is 1. The molecule has 1 aromatic rings. The first-order valence-electron chi connectivity index (χ1n) is 7.50. The molecule has 1 aliphatic heterocycles. The minimum Gasteiger partial charge on any atom is -0.393 e. The molecule has 0 spiro atoms. The number of likely N-dealkylation sites (tertiary alicyclic amines) is 1. The molecule has 108 valence electrons. The summed E-state index contributed by atoms with van der Waals surface area (Å²) in [5.41, 5.74) is 1.28. The summed E-state index contributed by atoms with van der Waals surface area (Å²) < 4.78 is 2.24. The third-order valence-electron chi connectivity index (χ3n) is 4.03. The van der Waals surface area contributed by atoms with Gasteiger partial charge < -0.3 is 9.67 Å². The molecule has 0 saturated carbocycles. The third-order valence-corrected chi connectivity index (χ3v) is 4.03. The maximum atomic E-state index is 9.65. The van der Waals surface area contributed by atoms with Crippen molar-refractivity contribution in [1.29, 1.82) is 0 Å². The van der Waals surface area contributed by atoms with Gasteiger partial charge in [-0.25, -0.2) is 4.98 Å². The lowest BCUT2D eigenvalue weighted by molar-refractivity contribution is 0.0799. The summed E-state index contributed by atoms with van der Waals surface area (Å²) in [5, 5.41) is 9.65. The highest BCUT2D eigenvalue weighted by molar-refractivity contribution is 5.01. The maximum Gasteiger partial charge on any atom is 0.0951 e. The first-order chi connectivity index (χ1) is 9.08. The molecule has 1 fully saturated rings. The summed E-state index contributed by atoms with van der Waals surface area (Å²) in [7, 11) is 0. The zero-order chi connectivity index (χ0) is 13.8. The van der Waals surface area contributed by atoms with Crippen molar-refractivity contribution in [1.82, 2.24) is 14.5 Å². The van der Waals surface area contributed by atoms with E-state index in [0.29, 0.717) is 12.1 Å². The fourth-order valence-electron chi connectivity index (χ4n) is 3.06. The third kappa shape index (κ3) is 3.80. The van der Waals surface area contributed by atoms with E-state index in [1.165, 1.54) is 25.0 Å². The van der Waals surface area contributed by atoms with Crippen molar-refractivity contribution in [2.24, 2.45) is 0 Å². The van der Waals surface area contributed by atoms with E-state index in [0.717, 1.165) is 19.5 Å². The summed E-state index contributed by atoms with van der Waals surface area (Å²) in [6.07, 6.45) is 8.35. The Morgan fingerprint density at radius 2 is 2.16 bits per heavy atom. The summed E-state index contributed by atoms with van der Waals surface area (Å²) in [6.45, 7) is 8.37. The Hall–Kier alpha value is -0.870. The second-order valence-corrected chi connectivity index (χ2v) is 6.09. The van der Waals surface area contributed by atoms with Gasteiger partial charge in [0, 0.05) is 24.8 Å². The van der Waals surface area contributed by atoms with E-state index in [-0.39, 0.29) is 6.10 Å². The Labute approximate surface area is 116 Å². The molecular formula is C15H27N3O. The predicted octanol–water partition coefficient (Wildman–Crippen LogP) is 2.59. The van der Waals surface area contributed by atoms with Crippen molar-refractivity contribution in [2.75, 3.05) is 6.54 Å². The molecule has 2 atom stereocenters. The molecule has 4 heteroatoms. The second-order valence-electron chi connectivity index (χ2n) is 6.09. The molecule has 0 amide bonds. The highest BCUT2D eigenvalue weighted by atomic mass is 16.3. The summed E-state index contributed by atoms with van der Waals surface area (Å²) in [6, 6.07) is 0.974. The number of aromatic nitrogens is 2. The van der Waals surface area contributed by atoms with Crippen molar-refractivity contribution in [3.8, 4) is 0 Å². The average Bonchev–Trinajstić information content (AvgIpc) is 2.79. The lowest BCUT2D eigenvalue weighted by atomic mass is 9.97. The quantitative estimate of drug-likeness (QED) is 0.889. The number of imidazole rings is 1. The van der Waals surface area contributed by atoms with Crippen LogP contribution in [0.5, 0.6) is 0 Å². The Bertz CT molecular complexity index is 386. The number of rotatable bonds is 5. The lowest BCUT2D eigenvalue weighted by Gasteiger charge is -2.36. The molecule has 0 aromatic carbocycles. The van der Waals surface area contributed by atoms with Gasteiger partial charge in [-0.2, -0.15) is 0 Å². The van der Waals surface area contributed by atoms with Gasteiger partial charge in [-0.05, 0) is 46.6 Å². The zero-order valence-corrected chi connectivity index (χ0v) is 12.4. The van der Waals surface area contributed by atoms with Gasteiger partial charge in [-0.3, -0.25) is 4.90 Å². The second kappa shape index (κ2) is 6.53. The minimum atomic E-state index is -0.208. The van der Waals surface area contributed by atoms with Crippen LogP contribution in [0, 0.1) is 0 Å². The Kier molecular flexibility index (Phi) is 4.99. The zero-order valence-electron chi connectivity index (χ0n) is 12.4. The van der Waals surface area contributed by atoms with Gasteiger partial charge >= 0.3 is 0 Å². The van der Waals surface area contributed by atoms with Crippen LogP contribution < -0.4 is 0 Å². The van der Waals surface area contributed by atoms with Crippen LogP contribution in [-0.4, -0.2) is 38.2 Å².